The van der Waals surface area contributed by atoms with E-state index in [0.29, 0.717) is 6.54 Å². The molecular formula is C11H20N2O2. The fourth-order valence-electron chi connectivity index (χ4n) is 1.93. The normalized spacial score (nSPS) is 24.6. The highest BCUT2D eigenvalue weighted by atomic mass is 16.5. The van der Waals surface area contributed by atoms with Crippen molar-refractivity contribution in [2.24, 2.45) is 4.99 Å². The molecule has 0 bridgehead atoms. The lowest BCUT2D eigenvalue weighted by molar-refractivity contribution is -0.146. The lowest BCUT2D eigenvalue weighted by atomic mass is 9.95. The number of methoxy groups -OCH3 is 1. The second kappa shape index (κ2) is 5.14. The van der Waals surface area contributed by atoms with Gasteiger partial charge in [0.15, 0.2) is 5.54 Å². The number of rotatable bonds is 5. The molecule has 0 radical (unpaired) electrons. The van der Waals surface area contributed by atoms with Gasteiger partial charge in [-0.15, -0.1) is 0 Å². The Labute approximate surface area is 91.1 Å². The van der Waals surface area contributed by atoms with E-state index in [1.807, 2.05) is 0 Å². The molecule has 0 aromatic heterocycles. The van der Waals surface area contributed by atoms with Crippen LogP contribution in [-0.2, 0) is 9.53 Å². The Kier molecular flexibility index (Phi) is 4.12. The van der Waals surface area contributed by atoms with E-state index >= 15 is 0 Å². The number of carbonyl (C=O) groups excluding carboxylic acids is 1. The molecule has 0 aromatic rings. The molecule has 1 aliphatic heterocycles. The topological polar surface area (TPSA) is 50.7 Å². The molecule has 0 aromatic carbocycles. The van der Waals surface area contributed by atoms with Crippen LogP contribution in [0.3, 0.4) is 0 Å². The van der Waals surface area contributed by atoms with Gasteiger partial charge in [0.05, 0.1) is 19.5 Å². The zero-order chi connectivity index (χ0) is 11.3. The number of amidine groups is 1. The van der Waals surface area contributed by atoms with Gasteiger partial charge in [0.25, 0.3) is 0 Å². The van der Waals surface area contributed by atoms with Crippen LogP contribution < -0.4 is 5.32 Å². The van der Waals surface area contributed by atoms with Gasteiger partial charge in [0.1, 0.15) is 0 Å². The van der Waals surface area contributed by atoms with E-state index in [1.54, 1.807) is 0 Å². The Morgan fingerprint density at radius 2 is 2.27 bits per heavy atom. The highest BCUT2D eigenvalue weighted by molar-refractivity contribution is 5.92. The number of hydrogen-bond donors (Lipinski definition) is 1. The number of esters is 1. The monoisotopic (exact) mass is 212 g/mol. The molecule has 0 saturated carbocycles. The summed E-state index contributed by atoms with van der Waals surface area (Å²) in [6.07, 6.45) is 3.62. The highest BCUT2D eigenvalue weighted by Gasteiger charge is 2.42. The van der Waals surface area contributed by atoms with Crippen LogP contribution in [-0.4, -0.2) is 31.0 Å². The van der Waals surface area contributed by atoms with Gasteiger partial charge in [-0.3, -0.25) is 4.99 Å². The summed E-state index contributed by atoms with van der Waals surface area (Å²) in [4.78, 5) is 16.2. The minimum Gasteiger partial charge on any atom is -0.467 e. The number of nitrogens with zero attached hydrogens (tertiary/aromatic N) is 1. The van der Waals surface area contributed by atoms with Crippen LogP contribution in [0.2, 0.25) is 0 Å². The van der Waals surface area contributed by atoms with Crippen LogP contribution in [0.25, 0.3) is 0 Å². The third-order valence-electron chi connectivity index (χ3n) is 2.65. The SMILES string of the molecule is CCCC1=NC(CCC)(C(=O)OC)CN1. The molecule has 0 fully saturated rings. The van der Waals surface area contributed by atoms with Gasteiger partial charge in [-0.2, -0.15) is 0 Å². The lowest BCUT2D eigenvalue weighted by Gasteiger charge is -2.20. The van der Waals surface area contributed by atoms with Crippen LogP contribution in [0.5, 0.6) is 0 Å². The van der Waals surface area contributed by atoms with Gasteiger partial charge in [0.2, 0.25) is 0 Å². The third-order valence-corrected chi connectivity index (χ3v) is 2.65. The molecule has 15 heavy (non-hydrogen) atoms. The molecule has 1 atom stereocenters. The Hall–Kier alpha value is -1.06. The Morgan fingerprint density at radius 3 is 2.80 bits per heavy atom. The van der Waals surface area contributed by atoms with Crippen molar-refractivity contribution in [1.82, 2.24) is 5.32 Å². The molecule has 4 nitrogen and oxygen atoms in total. The molecule has 86 valence electrons. The zero-order valence-corrected chi connectivity index (χ0v) is 9.80. The van der Waals surface area contributed by atoms with Crippen LogP contribution in [0, 0.1) is 0 Å². The van der Waals surface area contributed by atoms with Crippen molar-refractivity contribution in [2.45, 2.75) is 45.1 Å². The van der Waals surface area contributed by atoms with Crippen molar-refractivity contribution in [3.8, 4) is 0 Å². The van der Waals surface area contributed by atoms with Gasteiger partial charge in [0, 0.05) is 6.42 Å². The summed E-state index contributed by atoms with van der Waals surface area (Å²) in [7, 11) is 1.42. The predicted octanol–water partition coefficient (Wildman–Crippen LogP) is 1.50. The maximum absolute atomic E-state index is 11.7. The van der Waals surface area contributed by atoms with Crippen molar-refractivity contribution in [1.29, 1.82) is 0 Å². The van der Waals surface area contributed by atoms with Gasteiger partial charge in [-0.1, -0.05) is 20.3 Å². The molecule has 4 heteroatoms. The van der Waals surface area contributed by atoms with Crippen LogP contribution in [0.1, 0.15) is 39.5 Å². The van der Waals surface area contributed by atoms with Crippen molar-refractivity contribution < 1.29 is 9.53 Å². The number of nitrogens with one attached hydrogen (secondary N) is 1. The number of carbonyl (C=O) groups is 1. The molecule has 0 spiro atoms. The molecule has 0 saturated heterocycles. The maximum Gasteiger partial charge on any atom is 0.335 e. The van der Waals surface area contributed by atoms with Crippen molar-refractivity contribution in [3.63, 3.8) is 0 Å². The van der Waals surface area contributed by atoms with Gasteiger partial charge in [-0.05, 0) is 12.8 Å². The summed E-state index contributed by atoms with van der Waals surface area (Å²) >= 11 is 0. The first kappa shape index (κ1) is 12.0. The minimum atomic E-state index is -0.659. The number of ether oxygens (including phenoxy) is 1. The van der Waals surface area contributed by atoms with E-state index in [9.17, 15) is 4.79 Å². The maximum atomic E-state index is 11.7. The largest absolute Gasteiger partial charge is 0.467 e. The standard InChI is InChI=1S/C11H20N2O2/c1-4-6-9-12-8-11(13-9,7-5-2)10(14)15-3/h4-8H2,1-3H3,(H,12,13). The summed E-state index contributed by atoms with van der Waals surface area (Å²) in [5, 5.41) is 3.20. The average molecular weight is 212 g/mol. The minimum absolute atomic E-state index is 0.219. The van der Waals surface area contributed by atoms with Crippen molar-refractivity contribution in [2.75, 3.05) is 13.7 Å². The summed E-state index contributed by atoms with van der Waals surface area (Å²) in [6.45, 7) is 4.74. The summed E-state index contributed by atoms with van der Waals surface area (Å²) in [5.74, 6) is 0.722. The third kappa shape index (κ3) is 2.49. The Morgan fingerprint density at radius 1 is 1.53 bits per heavy atom. The summed E-state index contributed by atoms with van der Waals surface area (Å²) in [6, 6.07) is 0. The first-order valence-corrected chi connectivity index (χ1v) is 5.59. The van der Waals surface area contributed by atoms with Crippen molar-refractivity contribution in [3.05, 3.63) is 0 Å². The van der Waals surface area contributed by atoms with Gasteiger partial charge in [-0.25, -0.2) is 4.79 Å². The Balaban J connectivity index is 2.80. The van der Waals surface area contributed by atoms with E-state index in [-0.39, 0.29) is 5.97 Å². The van der Waals surface area contributed by atoms with Crippen LogP contribution >= 0.6 is 0 Å². The number of aliphatic imine (C=N–C) groups is 1. The first-order chi connectivity index (χ1) is 7.18. The van der Waals surface area contributed by atoms with E-state index < -0.39 is 5.54 Å². The second-order valence-corrected chi connectivity index (χ2v) is 3.94. The predicted molar refractivity (Wildman–Crippen MR) is 60.0 cm³/mol. The quantitative estimate of drug-likeness (QED) is 0.703. The number of hydrogen-bond acceptors (Lipinski definition) is 4. The van der Waals surface area contributed by atoms with Crippen LogP contribution in [0.15, 0.2) is 4.99 Å². The first-order valence-electron chi connectivity index (χ1n) is 5.59. The zero-order valence-electron chi connectivity index (χ0n) is 9.80. The molecule has 0 amide bonds. The van der Waals surface area contributed by atoms with Crippen molar-refractivity contribution >= 4 is 11.8 Å². The van der Waals surface area contributed by atoms with Gasteiger partial charge < -0.3 is 10.1 Å². The smallest absolute Gasteiger partial charge is 0.335 e. The molecular weight excluding hydrogens is 192 g/mol. The Bertz CT molecular complexity index is 263. The average Bonchev–Trinajstić information content (AvgIpc) is 2.63. The summed E-state index contributed by atoms with van der Waals surface area (Å²) < 4.78 is 4.83. The molecule has 0 aliphatic carbocycles. The molecule has 1 unspecified atom stereocenters. The van der Waals surface area contributed by atoms with E-state index in [2.05, 4.69) is 24.2 Å². The molecule has 1 aliphatic rings. The van der Waals surface area contributed by atoms with E-state index in [0.717, 1.165) is 31.5 Å². The summed E-state index contributed by atoms with van der Waals surface area (Å²) in [5.41, 5.74) is -0.659. The molecule has 1 rings (SSSR count). The highest BCUT2D eigenvalue weighted by Crippen LogP contribution is 2.24. The second-order valence-electron chi connectivity index (χ2n) is 3.94. The fraction of sp³-hybridized carbons (Fsp3) is 0.818. The van der Waals surface area contributed by atoms with E-state index in [4.69, 9.17) is 4.74 Å². The van der Waals surface area contributed by atoms with Crippen LogP contribution in [0.4, 0.5) is 0 Å². The molecule has 1 heterocycles. The van der Waals surface area contributed by atoms with Gasteiger partial charge >= 0.3 is 5.97 Å². The molecule has 1 N–H and O–H groups in total. The lowest BCUT2D eigenvalue weighted by Crippen LogP contribution is -2.41. The fourth-order valence-corrected chi connectivity index (χ4v) is 1.93. The van der Waals surface area contributed by atoms with E-state index in [1.165, 1.54) is 7.11 Å².